The van der Waals surface area contributed by atoms with Gasteiger partial charge in [0.15, 0.2) is 0 Å². The largest absolute Gasteiger partial charge is 0.444 e. The molecule has 0 atom stereocenters. The minimum Gasteiger partial charge on any atom is -0.444 e. The Kier molecular flexibility index (Phi) is 5.17. The molecule has 0 aliphatic carbocycles. The Labute approximate surface area is 155 Å². The van der Waals surface area contributed by atoms with E-state index < -0.39 is 17.2 Å². The summed E-state index contributed by atoms with van der Waals surface area (Å²) in [5.74, 6) is 0.804. The van der Waals surface area contributed by atoms with Crippen molar-refractivity contribution in [1.82, 2.24) is 15.5 Å². The van der Waals surface area contributed by atoms with E-state index in [9.17, 15) is 4.79 Å². The molecule has 0 unspecified atom stereocenters. The van der Waals surface area contributed by atoms with Gasteiger partial charge >= 0.3 is 6.09 Å². The van der Waals surface area contributed by atoms with Crippen LogP contribution in [0.25, 0.3) is 11.4 Å². The average molecular weight is 359 g/mol. The second-order valence-corrected chi connectivity index (χ2v) is 9.00. The van der Waals surface area contributed by atoms with Crippen molar-refractivity contribution in [2.45, 2.75) is 71.9 Å². The fourth-order valence-corrected chi connectivity index (χ4v) is 2.33. The zero-order valence-electron chi connectivity index (χ0n) is 16.9. The van der Waals surface area contributed by atoms with E-state index in [0.29, 0.717) is 11.7 Å². The van der Waals surface area contributed by atoms with Crippen molar-refractivity contribution in [3.05, 3.63) is 35.7 Å². The van der Waals surface area contributed by atoms with Crippen LogP contribution >= 0.6 is 0 Å². The highest BCUT2D eigenvalue weighted by atomic mass is 16.6. The fraction of sp³-hybridized carbons (Fsp3) is 0.550. The van der Waals surface area contributed by atoms with Crippen LogP contribution in [-0.2, 0) is 15.7 Å². The van der Waals surface area contributed by atoms with E-state index >= 15 is 0 Å². The number of amides is 1. The van der Waals surface area contributed by atoms with Crippen LogP contribution in [0.3, 0.4) is 0 Å². The van der Waals surface area contributed by atoms with Gasteiger partial charge in [0.1, 0.15) is 11.1 Å². The van der Waals surface area contributed by atoms with Crippen molar-refractivity contribution in [3.8, 4) is 11.4 Å². The number of aromatic nitrogens is 2. The van der Waals surface area contributed by atoms with Crippen LogP contribution in [0.1, 0.15) is 66.8 Å². The Balaban J connectivity index is 2.16. The molecule has 0 aliphatic heterocycles. The van der Waals surface area contributed by atoms with E-state index in [-0.39, 0.29) is 5.41 Å². The van der Waals surface area contributed by atoms with Gasteiger partial charge in [0, 0.05) is 5.56 Å². The van der Waals surface area contributed by atoms with Crippen molar-refractivity contribution >= 4 is 6.09 Å². The molecular weight excluding hydrogens is 330 g/mol. The number of nitrogens with zero attached hydrogens (tertiary/aromatic N) is 2. The summed E-state index contributed by atoms with van der Waals surface area (Å²) in [5, 5.41) is 6.81. The standard InChI is InChI=1S/C20H29N3O3/c1-18(2,3)14-11-9-13(10-12-14)15-21-16(26-23-15)20(7,8)22-17(24)25-19(4,5)6/h9-12H,1-8H3,(H,22,24). The summed E-state index contributed by atoms with van der Waals surface area (Å²) in [6.07, 6.45) is -0.531. The Morgan fingerprint density at radius 2 is 1.58 bits per heavy atom. The van der Waals surface area contributed by atoms with Gasteiger partial charge in [-0.25, -0.2) is 4.79 Å². The SMILES string of the molecule is CC(C)(C)OC(=O)NC(C)(C)c1nc(-c2ccc(C(C)(C)C)cc2)no1. The molecule has 6 nitrogen and oxygen atoms in total. The normalized spacial score (nSPS) is 12.8. The number of hydrogen-bond acceptors (Lipinski definition) is 5. The lowest BCUT2D eigenvalue weighted by molar-refractivity contribution is 0.0452. The third-order valence-corrected chi connectivity index (χ3v) is 3.78. The molecule has 1 aromatic carbocycles. The van der Waals surface area contributed by atoms with E-state index in [1.807, 2.05) is 32.9 Å². The van der Waals surface area contributed by atoms with Crippen LogP contribution in [0.15, 0.2) is 28.8 Å². The summed E-state index contributed by atoms with van der Waals surface area (Å²) >= 11 is 0. The minimum atomic E-state index is -0.848. The van der Waals surface area contributed by atoms with E-state index in [1.165, 1.54) is 5.56 Å². The second kappa shape index (κ2) is 6.74. The summed E-state index contributed by atoms with van der Waals surface area (Å²) in [6, 6.07) is 8.08. The third-order valence-electron chi connectivity index (χ3n) is 3.78. The smallest absolute Gasteiger partial charge is 0.408 e. The first-order chi connectivity index (χ1) is 11.8. The molecule has 142 valence electrons. The summed E-state index contributed by atoms with van der Waals surface area (Å²) in [7, 11) is 0. The monoisotopic (exact) mass is 359 g/mol. The number of alkyl carbamates (subject to hydrolysis) is 1. The molecule has 2 aromatic rings. The zero-order chi connectivity index (χ0) is 19.8. The lowest BCUT2D eigenvalue weighted by Gasteiger charge is -2.25. The molecule has 1 aromatic heterocycles. The highest BCUT2D eigenvalue weighted by Gasteiger charge is 2.31. The molecular formula is C20H29N3O3. The Morgan fingerprint density at radius 1 is 1.00 bits per heavy atom. The van der Waals surface area contributed by atoms with Crippen LogP contribution in [0, 0.1) is 0 Å². The maximum Gasteiger partial charge on any atom is 0.408 e. The molecule has 6 heteroatoms. The Bertz CT molecular complexity index is 763. The van der Waals surface area contributed by atoms with Crippen LogP contribution in [0.4, 0.5) is 4.79 Å². The first-order valence-electron chi connectivity index (χ1n) is 8.74. The van der Waals surface area contributed by atoms with Gasteiger partial charge in [0.05, 0.1) is 0 Å². The quantitative estimate of drug-likeness (QED) is 0.852. The number of nitrogens with one attached hydrogen (secondary N) is 1. The minimum absolute atomic E-state index is 0.0836. The van der Waals surface area contributed by atoms with Gasteiger partial charge in [0.2, 0.25) is 5.82 Å². The number of carbonyl (C=O) groups is 1. The molecule has 1 N–H and O–H groups in total. The molecule has 0 aliphatic rings. The molecule has 0 radical (unpaired) electrons. The zero-order valence-corrected chi connectivity index (χ0v) is 16.9. The molecule has 0 saturated carbocycles. The maximum atomic E-state index is 12.0. The third kappa shape index (κ3) is 5.07. The molecule has 1 heterocycles. The molecule has 26 heavy (non-hydrogen) atoms. The second-order valence-electron chi connectivity index (χ2n) is 9.00. The van der Waals surface area contributed by atoms with Crippen molar-refractivity contribution in [2.24, 2.45) is 0 Å². The van der Waals surface area contributed by atoms with Crippen LogP contribution < -0.4 is 5.32 Å². The molecule has 0 fully saturated rings. The molecule has 0 bridgehead atoms. The van der Waals surface area contributed by atoms with Gasteiger partial charge < -0.3 is 14.6 Å². The number of benzene rings is 1. The van der Waals surface area contributed by atoms with Gasteiger partial charge in [-0.1, -0.05) is 50.2 Å². The first-order valence-corrected chi connectivity index (χ1v) is 8.74. The van der Waals surface area contributed by atoms with Gasteiger partial charge in [-0.3, -0.25) is 0 Å². The molecule has 0 saturated heterocycles. The summed E-state index contributed by atoms with van der Waals surface area (Å²) in [6.45, 7) is 15.5. The number of hydrogen-bond donors (Lipinski definition) is 1. The van der Waals surface area contributed by atoms with E-state index in [2.05, 4.69) is 48.4 Å². The van der Waals surface area contributed by atoms with Crippen molar-refractivity contribution in [1.29, 1.82) is 0 Å². The fourth-order valence-electron chi connectivity index (χ4n) is 2.33. The summed E-state index contributed by atoms with van der Waals surface area (Å²) in [5.41, 5.74) is 0.756. The predicted octanol–water partition coefficient (Wildman–Crippen LogP) is 4.79. The van der Waals surface area contributed by atoms with Crippen molar-refractivity contribution in [3.63, 3.8) is 0 Å². The molecule has 1 amide bonds. The summed E-state index contributed by atoms with van der Waals surface area (Å²) in [4.78, 5) is 16.5. The Hall–Kier alpha value is -2.37. The maximum absolute atomic E-state index is 12.0. The van der Waals surface area contributed by atoms with Crippen molar-refractivity contribution in [2.75, 3.05) is 0 Å². The molecule has 0 spiro atoms. The predicted molar refractivity (Wildman–Crippen MR) is 101 cm³/mol. The van der Waals surface area contributed by atoms with Crippen LogP contribution in [0.2, 0.25) is 0 Å². The van der Waals surface area contributed by atoms with Gasteiger partial charge in [-0.15, -0.1) is 0 Å². The number of carbonyl (C=O) groups excluding carboxylic acids is 1. The summed E-state index contributed by atoms with van der Waals surface area (Å²) < 4.78 is 10.7. The highest BCUT2D eigenvalue weighted by Crippen LogP contribution is 2.26. The topological polar surface area (TPSA) is 77.2 Å². The van der Waals surface area contributed by atoms with Gasteiger partial charge in [0.25, 0.3) is 5.89 Å². The van der Waals surface area contributed by atoms with Gasteiger partial charge in [-0.05, 0) is 45.6 Å². The highest BCUT2D eigenvalue weighted by molar-refractivity contribution is 5.68. The number of ether oxygens (including phenoxy) is 1. The number of rotatable bonds is 3. The van der Waals surface area contributed by atoms with Crippen LogP contribution in [0.5, 0.6) is 0 Å². The average Bonchev–Trinajstić information content (AvgIpc) is 2.94. The van der Waals surface area contributed by atoms with E-state index in [4.69, 9.17) is 9.26 Å². The lowest BCUT2D eigenvalue weighted by Crippen LogP contribution is -2.44. The lowest BCUT2D eigenvalue weighted by atomic mass is 9.87. The van der Waals surface area contributed by atoms with Crippen molar-refractivity contribution < 1.29 is 14.1 Å². The van der Waals surface area contributed by atoms with Gasteiger partial charge in [-0.2, -0.15) is 4.98 Å². The first kappa shape index (κ1) is 19.9. The van der Waals surface area contributed by atoms with Crippen LogP contribution in [-0.4, -0.2) is 21.8 Å². The molecule has 2 rings (SSSR count). The van der Waals surface area contributed by atoms with E-state index in [1.54, 1.807) is 13.8 Å². The Morgan fingerprint density at radius 3 is 2.08 bits per heavy atom. The van der Waals surface area contributed by atoms with E-state index in [0.717, 1.165) is 5.56 Å².